The highest BCUT2D eigenvalue weighted by Crippen LogP contribution is 2.11. The summed E-state index contributed by atoms with van der Waals surface area (Å²) in [6.45, 7) is 6.39. The second kappa shape index (κ2) is 33.9. The van der Waals surface area contributed by atoms with Crippen molar-refractivity contribution in [1.82, 2.24) is 10.6 Å². The molecule has 0 fully saturated rings. The molecule has 42 heavy (non-hydrogen) atoms. The van der Waals surface area contributed by atoms with Crippen LogP contribution in [0.5, 0.6) is 0 Å². The topological polar surface area (TPSA) is 58.2 Å². The predicted molar refractivity (Wildman–Crippen MR) is 185 cm³/mol. The van der Waals surface area contributed by atoms with Crippen molar-refractivity contribution in [2.24, 2.45) is 0 Å². The fraction of sp³-hybridized carbons (Fsp3) is 0.842. The van der Waals surface area contributed by atoms with Crippen molar-refractivity contribution in [3.05, 3.63) is 24.3 Å². The van der Waals surface area contributed by atoms with Gasteiger partial charge in [-0.1, -0.05) is 141 Å². The highest BCUT2D eigenvalue weighted by molar-refractivity contribution is 5.79. The van der Waals surface area contributed by atoms with E-state index in [0.717, 1.165) is 25.7 Å². The van der Waals surface area contributed by atoms with Crippen LogP contribution >= 0.6 is 0 Å². The summed E-state index contributed by atoms with van der Waals surface area (Å²) in [4.78, 5) is 24.4. The second-order valence-corrected chi connectivity index (χ2v) is 12.5. The van der Waals surface area contributed by atoms with Crippen molar-refractivity contribution in [3.63, 3.8) is 0 Å². The number of allylic oxidation sites excluding steroid dienone is 4. The summed E-state index contributed by atoms with van der Waals surface area (Å²) in [6, 6.07) is 0. The predicted octanol–water partition coefficient (Wildman–Crippen LogP) is 11.6. The quantitative estimate of drug-likeness (QED) is 0.0466. The highest BCUT2D eigenvalue weighted by atomic mass is 16.2. The number of rotatable bonds is 32. The van der Waals surface area contributed by atoms with Crippen molar-refractivity contribution in [2.45, 2.75) is 207 Å². The average Bonchev–Trinajstić information content (AvgIpc) is 2.97. The zero-order valence-corrected chi connectivity index (χ0v) is 28.5. The van der Waals surface area contributed by atoms with Crippen LogP contribution in [0.25, 0.3) is 0 Å². The zero-order valence-electron chi connectivity index (χ0n) is 28.5. The Morgan fingerprint density at radius 1 is 0.429 bits per heavy atom. The number of hydrogen-bond acceptors (Lipinski definition) is 2. The maximum atomic E-state index is 12.2. The molecule has 0 aliphatic heterocycles. The van der Waals surface area contributed by atoms with Gasteiger partial charge >= 0.3 is 0 Å². The Morgan fingerprint density at radius 3 is 1.00 bits per heavy atom. The van der Waals surface area contributed by atoms with E-state index in [4.69, 9.17) is 0 Å². The third-order valence-corrected chi connectivity index (χ3v) is 8.09. The molecule has 0 saturated heterocycles. The van der Waals surface area contributed by atoms with Gasteiger partial charge in [0, 0.05) is 12.8 Å². The average molecular weight is 589 g/mol. The van der Waals surface area contributed by atoms with Gasteiger partial charge in [-0.3, -0.25) is 9.59 Å². The lowest BCUT2D eigenvalue weighted by Crippen LogP contribution is -2.45. The Kier molecular flexibility index (Phi) is 32.6. The van der Waals surface area contributed by atoms with Gasteiger partial charge in [0.15, 0.2) is 0 Å². The van der Waals surface area contributed by atoms with Crippen molar-refractivity contribution >= 4 is 11.8 Å². The van der Waals surface area contributed by atoms with E-state index in [9.17, 15) is 9.59 Å². The molecule has 0 heterocycles. The van der Waals surface area contributed by atoms with Crippen LogP contribution in [0.15, 0.2) is 24.3 Å². The van der Waals surface area contributed by atoms with Crippen LogP contribution < -0.4 is 10.6 Å². The van der Waals surface area contributed by atoms with Crippen LogP contribution in [-0.4, -0.2) is 18.0 Å². The van der Waals surface area contributed by atoms with E-state index in [-0.39, 0.29) is 18.0 Å². The SMILES string of the molecule is CCCCCCCC/C=C\CCCCCCCC(=O)NC(C)NC(=O)CCCCCCC/C=C\CCCCCCCC. The summed E-state index contributed by atoms with van der Waals surface area (Å²) in [5, 5.41) is 5.86. The molecule has 2 amide bonds. The maximum absolute atomic E-state index is 12.2. The standard InChI is InChI=1S/C38H72N2O2/c1-4-6-8-10-12-14-16-18-20-22-24-26-28-30-32-34-37(41)39-36(3)40-38(42)35-33-31-29-27-25-23-21-19-17-15-13-11-9-7-5-2/h18-21,36H,4-17,22-35H2,1-3H3,(H,39,41)(H,40,42)/b20-18-,21-19-. The van der Waals surface area contributed by atoms with Gasteiger partial charge in [-0.25, -0.2) is 0 Å². The third-order valence-electron chi connectivity index (χ3n) is 8.09. The van der Waals surface area contributed by atoms with Crippen LogP contribution in [-0.2, 0) is 9.59 Å². The first-order valence-electron chi connectivity index (χ1n) is 18.5. The van der Waals surface area contributed by atoms with E-state index in [1.165, 1.54) is 141 Å². The molecule has 0 rings (SSSR count). The molecule has 0 atom stereocenters. The summed E-state index contributed by atoms with van der Waals surface area (Å²) in [5.41, 5.74) is 0. The largest absolute Gasteiger partial charge is 0.336 e. The molecule has 0 saturated carbocycles. The minimum Gasteiger partial charge on any atom is -0.336 e. The van der Waals surface area contributed by atoms with Crippen LogP contribution in [0.1, 0.15) is 201 Å². The summed E-state index contributed by atoms with van der Waals surface area (Å²) in [6.07, 6.45) is 42.9. The van der Waals surface area contributed by atoms with E-state index in [1.807, 2.05) is 6.92 Å². The van der Waals surface area contributed by atoms with Gasteiger partial charge in [-0.15, -0.1) is 0 Å². The first kappa shape index (κ1) is 40.4. The normalized spacial score (nSPS) is 11.7. The van der Waals surface area contributed by atoms with E-state index < -0.39 is 0 Å². The summed E-state index contributed by atoms with van der Waals surface area (Å²) >= 11 is 0. The molecule has 0 unspecified atom stereocenters. The van der Waals surface area contributed by atoms with E-state index >= 15 is 0 Å². The lowest BCUT2D eigenvalue weighted by molar-refractivity contribution is -0.124. The number of carbonyl (C=O) groups excluding carboxylic acids is 2. The monoisotopic (exact) mass is 589 g/mol. The van der Waals surface area contributed by atoms with E-state index in [0.29, 0.717) is 12.8 Å². The highest BCUT2D eigenvalue weighted by Gasteiger charge is 2.10. The lowest BCUT2D eigenvalue weighted by Gasteiger charge is -2.16. The van der Waals surface area contributed by atoms with Crippen molar-refractivity contribution < 1.29 is 9.59 Å². The first-order valence-corrected chi connectivity index (χ1v) is 18.5. The van der Waals surface area contributed by atoms with Crippen LogP contribution in [0.2, 0.25) is 0 Å². The molecule has 0 aromatic heterocycles. The van der Waals surface area contributed by atoms with Gasteiger partial charge in [-0.05, 0) is 71.1 Å². The molecule has 0 spiro atoms. The van der Waals surface area contributed by atoms with Crippen LogP contribution in [0, 0.1) is 0 Å². The van der Waals surface area contributed by atoms with Crippen molar-refractivity contribution in [1.29, 1.82) is 0 Å². The third kappa shape index (κ3) is 32.9. The Morgan fingerprint density at radius 2 is 0.690 bits per heavy atom. The van der Waals surface area contributed by atoms with Gasteiger partial charge in [0.05, 0.1) is 6.17 Å². The van der Waals surface area contributed by atoms with Gasteiger partial charge in [-0.2, -0.15) is 0 Å². The summed E-state index contributed by atoms with van der Waals surface area (Å²) in [5.74, 6) is 0.0860. The molecule has 0 radical (unpaired) electrons. The smallest absolute Gasteiger partial charge is 0.221 e. The lowest BCUT2D eigenvalue weighted by atomic mass is 10.1. The van der Waals surface area contributed by atoms with Crippen LogP contribution in [0.4, 0.5) is 0 Å². The number of amides is 2. The Balaban J connectivity index is 3.48. The summed E-state index contributed by atoms with van der Waals surface area (Å²) in [7, 11) is 0. The second-order valence-electron chi connectivity index (χ2n) is 12.5. The number of hydrogen-bond donors (Lipinski definition) is 2. The van der Waals surface area contributed by atoms with Gasteiger partial charge in [0.2, 0.25) is 11.8 Å². The fourth-order valence-corrected chi connectivity index (χ4v) is 5.38. The minimum atomic E-state index is -0.295. The molecule has 4 nitrogen and oxygen atoms in total. The molecule has 246 valence electrons. The number of unbranched alkanes of at least 4 members (excludes halogenated alkanes) is 22. The molecule has 0 bridgehead atoms. The zero-order chi connectivity index (χ0) is 30.8. The Labute approximate surface area is 262 Å². The number of carbonyl (C=O) groups is 2. The van der Waals surface area contributed by atoms with E-state index in [1.54, 1.807) is 0 Å². The Bertz CT molecular complexity index is 589. The van der Waals surface area contributed by atoms with Gasteiger partial charge in [0.1, 0.15) is 0 Å². The van der Waals surface area contributed by atoms with Crippen molar-refractivity contribution in [3.8, 4) is 0 Å². The van der Waals surface area contributed by atoms with Crippen molar-refractivity contribution in [2.75, 3.05) is 0 Å². The molecule has 0 aromatic rings. The maximum Gasteiger partial charge on any atom is 0.221 e. The van der Waals surface area contributed by atoms with Gasteiger partial charge in [0.25, 0.3) is 0 Å². The number of nitrogens with one attached hydrogen (secondary N) is 2. The molecule has 2 N–H and O–H groups in total. The molecular formula is C38H72N2O2. The molecule has 0 aromatic carbocycles. The fourth-order valence-electron chi connectivity index (χ4n) is 5.38. The van der Waals surface area contributed by atoms with Gasteiger partial charge < -0.3 is 10.6 Å². The van der Waals surface area contributed by atoms with E-state index in [2.05, 4.69) is 48.8 Å². The Hall–Kier alpha value is -1.58. The molecule has 0 aliphatic rings. The first-order chi connectivity index (χ1) is 20.6. The molecule has 4 heteroatoms. The molecular weight excluding hydrogens is 516 g/mol. The minimum absolute atomic E-state index is 0.0430. The van der Waals surface area contributed by atoms with Crippen LogP contribution in [0.3, 0.4) is 0 Å². The molecule has 0 aliphatic carbocycles. The summed E-state index contributed by atoms with van der Waals surface area (Å²) < 4.78 is 0.